The summed E-state index contributed by atoms with van der Waals surface area (Å²) >= 11 is 7.45. The number of anilines is 1. The molecule has 0 bridgehead atoms. The van der Waals surface area contributed by atoms with E-state index in [1.54, 1.807) is 18.2 Å². The molecular weight excluding hydrogens is 306 g/mol. The van der Waals surface area contributed by atoms with Crippen LogP contribution in [0.15, 0.2) is 53.4 Å². The van der Waals surface area contributed by atoms with Crippen LogP contribution in [-0.2, 0) is 4.79 Å². The molecule has 5 N–H and O–H groups in total. The Labute approximate surface area is 132 Å². The van der Waals surface area contributed by atoms with Gasteiger partial charge >= 0.3 is 0 Å². The summed E-state index contributed by atoms with van der Waals surface area (Å²) < 4.78 is 0. The third-order valence-corrected chi connectivity index (χ3v) is 4.44. The van der Waals surface area contributed by atoms with Crippen molar-refractivity contribution >= 4 is 35.0 Å². The molecule has 0 radical (unpaired) electrons. The highest BCUT2D eigenvalue weighted by atomic mass is 35.5. The zero-order valence-electron chi connectivity index (χ0n) is 11.3. The fourth-order valence-electron chi connectivity index (χ4n) is 1.92. The van der Waals surface area contributed by atoms with Crippen molar-refractivity contribution in [2.24, 2.45) is 5.84 Å². The van der Waals surface area contributed by atoms with E-state index >= 15 is 0 Å². The highest BCUT2D eigenvalue weighted by molar-refractivity contribution is 7.99. The quantitative estimate of drug-likeness (QED) is 0.260. The molecule has 0 saturated heterocycles. The topological polar surface area (TPSA) is 81.1 Å². The van der Waals surface area contributed by atoms with Gasteiger partial charge in [0.25, 0.3) is 0 Å². The number of amides is 1. The fourth-order valence-corrected chi connectivity index (χ4v) is 3.29. The third-order valence-electron chi connectivity index (χ3n) is 3.04. The molecule has 0 fully saturated rings. The van der Waals surface area contributed by atoms with Gasteiger partial charge in [0.2, 0.25) is 5.91 Å². The van der Waals surface area contributed by atoms with Crippen LogP contribution in [0.3, 0.4) is 0 Å². The third kappa shape index (κ3) is 4.14. The Morgan fingerprint density at radius 3 is 2.62 bits per heavy atom. The fraction of sp³-hybridized carbons (Fsp3) is 0.133. The molecule has 2 aromatic rings. The molecule has 0 aliphatic heterocycles. The molecule has 4 nitrogen and oxygen atoms in total. The van der Waals surface area contributed by atoms with E-state index in [-0.39, 0.29) is 11.8 Å². The highest BCUT2D eigenvalue weighted by Crippen LogP contribution is 2.32. The van der Waals surface area contributed by atoms with Crippen molar-refractivity contribution in [3.63, 3.8) is 0 Å². The van der Waals surface area contributed by atoms with E-state index < -0.39 is 0 Å². The van der Waals surface area contributed by atoms with Crippen LogP contribution in [0.2, 0.25) is 5.02 Å². The number of nitrogen functional groups attached to an aromatic ring is 1. The van der Waals surface area contributed by atoms with E-state index in [4.69, 9.17) is 23.2 Å². The molecule has 21 heavy (non-hydrogen) atoms. The van der Waals surface area contributed by atoms with E-state index in [1.165, 1.54) is 11.8 Å². The Morgan fingerprint density at radius 1 is 1.24 bits per heavy atom. The Bertz CT molecular complexity index is 622. The molecule has 0 saturated carbocycles. The minimum Gasteiger partial charge on any atom is -0.398 e. The number of halogens is 1. The summed E-state index contributed by atoms with van der Waals surface area (Å²) in [5, 5.41) is 0.617. The summed E-state index contributed by atoms with van der Waals surface area (Å²) in [5.74, 6) is 5.23. The van der Waals surface area contributed by atoms with Gasteiger partial charge in [0, 0.05) is 21.4 Å². The van der Waals surface area contributed by atoms with Crippen molar-refractivity contribution < 1.29 is 4.79 Å². The molecule has 2 rings (SSSR count). The zero-order valence-corrected chi connectivity index (χ0v) is 12.8. The van der Waals surface area contributed by atoms with Crippen LogP contribution in [-0.4, -0.2) is 11.7 Å². The lowest BCUT2D eigenvalue weighted by Crippen LogP contribution is -2.35. The maximum atomic E-state index is 12.0. The number of carbonyl (C=O) groups is 1. The van der Waals surface area contributed by atoms with Crippen molar-refractivity contribution in [3.8, 4) is 0 Å². The van der Waals surface area contributed by atoms with E-state index in [0.717, 1.165) is 10.5 Å². The van der Waals surface area contributed by atoms with Crippen LogP contribution in [0.4, 0.5) is 5.69 Å². The minimum atomic E-state index is -0.348. The Hall–Kier alpha value is -1.69. The van der Waals surface area contributed by atoms with Crippen LogP contribution >= 0.6 is 23.4 Å². The average molecular weight is 322 g/mol. The number of carbonyl (C=O) groups excluding carboxylic acids is 1. The predicted molar refractivity (Wildman–Crippen MR) is 88.1 cm³/mol. The number of hydrogen-bond acceptors (Lipinski definition) is 4. The first kappa shape index (κ1) is 15.7. The number of hydrogen-bond donors (Lipinski definition) is 3. The normalized spacial score (nSPS) is 11.9. The lowest BCUT2D eigenvalue weighted by atomic mass is 10.0. The van der Waals surface area contributed by atoms with E-state index in [1.807, 2.05) is 30.3 Å². The van der Waals surface area contributed by atoms with Gasteiger partial charge in [-0.3, -0.25) is 10.2 Å². The first-order chi connectivity index (χ1) is 10.1. The number of rotatable bonds is 5. The van der Waals surface area contributed by atoms with Crippen molar-refractivity contribution in [2.45, 2.75) is 10.8 Å². The number of hydrazine groups is 1. The molecule has 0 heterocycles. The molecule has 0 aromatic heterocycles. The molecule has 1 amide bonds. The summed E-state index contributed by atoms with van der Waals surface area (Å²) in [4.78, 5) is 12.8. The molecule has 0 spiro atoms. The van der Waals surface area contributed by atoms with Crippen molar-refractivity contribution in [3.05, 3.63) is 59.1 Å². The van der Waals surface area contributed by atoms with Crippen LogP contribution in [0, 0.1) is 0 Å². The van der Waals surface area contributed by atoms with Gasteiger partial charge in [0.1, 0.15) is 0 Å². The Morgan fingerprint density at radius 2 is 1.95 bits per heavy atom. The number of thioether (sulfide) groups is 1. The number of nitrogens with one attached hydrogen (secondary N) is 1. The van der Waals surface area contributed by atoms with E-state index in [2.05, 4.69) is 5.43 Å². The van der Waals surface area contributed by atoms with Crippen LogP contribution < -0.4 is 17.0 Å². The maximum Gasteiger partial charge on any atom is 0.242 e. The minimum absolute atomic E-state index is 0.228. The first-order valence-corrected chi connectivity index (χ1v) is 7.71. The Kier molecular flexibility index (Phi) is 5.50. The SMILES string of the molecule is NNC(=O)C(CSc1cc(Cl)ccc1N)c1ccccc1. The zero-order chi connectivity index (χ0) is 15.2. The van der Waals surface area contributed by atoms with Gasteiger partial charge in [0.05, 0.1) is 5.92 Å². The molecule has 1 unspecified atom stereocenters. The molecular formula is C15H16ClN3OS. The molecule has 2 aromatic carbocycles. The second-order valence-corrected chi connectivity index (χ2v) is 5.96. The summed E-state index contributed by atoms with van der Waals surface area (Å²) in [6.07, 6.45) is 0. The van der Waals surface area contributed by atoms with Gasteiger partial charge < -0.3 is 5.73 Å². The van der Waals surface area contributed by atoms with Crippen LogP contribution in [0.1, 0.15) is 11.5 Å². The Balaban J connectivity index is 2.16. The van der Waals surface area contributed by atoms with Gasteiger partial charge in [-0.25, -0.2) is 5.84 Å². The average Bonchev–Trinajstić information content (AvgIpc) is 2.51. The summed E-state index contributed by atoms with van der Waals surface area (Å²) in [7, 11) is 0. The van der Waals surface area contributed by atoms with Crippen molar-refractivity contribution in [1.29, 1.82) is 0 Å². The van der Waals surface area contributed by atoms with Gasteiger partial charge in [0.15, 0.2) is 0 Å². The van der Waals surface area contributed by atoms with Gasteiger partial charge in [-0.05, 0) is 23.8 Å². The molecule has 0 aliphatic carbocycles. The highest BCUT2D eigenvalue weighted by Gasteiger charge is 2.20. The van der Waals surface area contributed by atoms with E-state index in [9.17, 15) is 4.79 Å². The number of benzene rings is 2. The lowest BCUT2D eigenvalue weighted by molar-refractivity contribution is -0.122. The van der Waals surface area contributed by atoms with E-state index in [0.29, 0.717) is 16.5 Å². The number of nitrogens with two attached hydrogens (primary N) is 2. The van der Waals surface area contributed by atoms with Crippen molar-refractivity contribution in [1.82, 2.24) is 5.43 Å². The first-order valence-electron chi connectivity index (χ1n) is 6.35. The molecule has 0 aliphatic rings. The summed E-state index contributed by atoms with van der Waals surface area (Å²) in [6.45, 7) is 0. The standard InChI is InChI=1S/C15H16ClN3OS/c16-11-6-7-13(17)14(8-11)21-9-12(15(20)19-18)10-4-2-1-3-5-10/h1-8,12H,9,17-18H2,(H,19,20). The largest absolute Gasteiger partial charge is 0.398 e. The van der Waals surface area contributed by atoms with Gasteiger partial charge in [-0.15, -0.1) is 11.8 Å². The van der Waals surface area contributed by atoms with Crippen molar-refractivity contribution in [2.75, 3.05) is 11.5 Å². The molecule has 110 valence electrons. The predicted octanol–water partition coefficient (Wildman–Crippen LogP) is 2.79. The molecule has 1 atom stereocenters. The second-order valence-electron chi connectivity index (χ2n) is 4.47. The summed E-state index contributed by atoms with van der Waals surface area (Å²) in [6, 6.07) is 14.8. The maximum absolute atomic E-state index is 12.0. The van der Waals surface area contributed by atoms with Gasteiger partial charge in [-0.2, -0.15) is 0 Å². The second kappa shape index (κ2) is 7.36. The monoisotopic (exact) mass is 321 g/mol. The summed E-state index contributed by atoms with van der Waals surface area (Å²) in [5.41, 5.74) is 9.69. The smallest absolute Gasteiger partial charge is 0.242 e. The molecule has 6 heteroatoms. The van der Waals surface area contributed by atoms with Gasteiger partial charge in [-0.1, -0.05) is 41.9 Å². The lowest BCUT2D eigenvalue weighted by Gasteiger charge is -2.16. The van der Waals surface area contributed by atoms with Crippen LogP contribution in [0.25, 0.3) is 0 Å². The van der Waals surface area contributed by atoms with Crippen LogP contribution in [0.5, 0.6) is 0 Å².